The zero-order valence-electron chi connectivity index (χ0n) is 19.9. The maximum absolute atomic E-state index is 13.4. The molecule has 0 spiro atoms. The smallest absolute Gasteiger partial charge is 0.337 e. The summed E-state index contributed by atoms with van der Waals surface area (Å²) in [5, 5.41) is 8.53. The Bertz CT molecular complexity index is 1480. The lowest BCUT2D eigenvalue weighted by Crippen LogP contribution is -2.60. The summed E-state index contributed by atoms with van der Waals surface area (Å²) in [6.07, 6.45) is 3.93. The lowest BCUT2D eigenvalue weighted by molar-refractivity contribution is 0.0686. The first-order chi connectivity index (χ1) is 17.1. The number of nitrogens with zero attached hydrogens (tertiary/aromatic N) is 4. The van der Waals surface area contributed by atoms with Crippen molar-refractivity contribution >= 4 is 23.4 Å². The van der Waals surface area contributed by atoms with Crippen LogP contribution in [0, 0.1) is 0 Å². The Labute approximate surface area is 213 Å². The molecular formula is C26H28ClN5O4. The number of fused-ring (bicyclic) bond motifs is 4. The van der Waals surface area contributed by atoms with E-state index in [4.69, 9.17) is 9.26 Å². The first-order valence-corrected chi connectivity index (χ1v) is 11.9. The van der Waals surface area contributed by atoms with Gasteiger partial charge in [-0.1, -0.05) is 23.4 Å². The maximum atomic E-state index is 13.4. The number of hydrogen-bond donors (Lipinski definition) is 1. The molecule has 9 nitrogen and oxygen atoms in total. The number of benzene rings is 2. The molecule has 2 bridgehead atoms. The summed E-state index contributed by atoms with van der Waals surface area (Å²) in [6, 6.07) is 15.8. The summed E-state index contributed by atoms with van der Waals surface area (Å²) in [7, 11) is 1.59. The minimum atomic E-state index is -0.465. The van der Waals surface area contributed by atoms with Crippen LogP contribution in [0.25, 0.3) is 16.8 Å². The number of methoxy groups -OCH3 is 1. The molecule has 188 valence electrons. The average Bonchev–Trinajstić information content (AvgIpc) is 3.31. The van der Waals surface area contributed by atoms with Gasteiger partial charge >= 0.3 is 5.69 Å². The fourth-order valence-electron chi connectivity index (χ4n) is 5.21. The summed E-state index contributed by atoms with van der Waals surface area (Å²) in [6.45, 7) is 3.08. The van der Waals surface area contributed by atoms with Crippen molar-refractivity contribution in [3.63, 3.8) is 0 Å². The van der Waals surface area contributed by atoms with E-state index in [0.717, 1.165) is 36.1 Å². The monoisotopic (exact) mass is 509 g/mol. The van der Waals surface area contributed by atoms with E-state index >= 15 is 0 Å². The van der Waals surface area contributed by atoms with E-state index in [9.17, 15) is 9.59 Å². The first kappa shape index (κ1) is 24.3. The predicted molar refractivity (Wildman–Crippen MR) is 138 cm³/mol. The number of hydrogen-bond acceptors (Lipinski definition) is 7. The quantitative estimate of drug-likeness (QED) is 0.427. The third-order valence-corrected chi connectivity index (χ3v) is 7.16. The highest BCUT2D eigenvalue weighted by Gasteiger charge is 2.33. The average molecular weight is 510 g/mol. The molecule has 2 unspecified atom stereocenters. The van der Waals surface area contributed by atoms with Crippen molar-refractivity contribution in [2.75, 3.05) is 20.2 Å². The molecule has 3 aliphatic rings. The van der Waals surface area contributed by atoms with E-state index in [0.29, 0.717) is 29.2 Å². The third kappa shape index (κ3) is 4.45. The van der Waals surface area contributed by atoms with Crippen molar-refractivity contribution in [1.82, 2.24) is 24.5 Å². The second kappa shape index (κ2) is 9.93. The molecule has 0 saturated carbocycles. The molecule has 7 rings (SSSR count). The van der Waals surface area contributed by atoms with Crippen LogP contribution in [0.1, 0.15) is 24.0 Å². The lowest BCUT2D eigenvalue weighted by Gasteiger charge is -2.46. The van der Waals surface area contributed by atoms with Gasteiger partial charge in [0.1, 0.15) is 5.75 Å². The molecule has 2 aromatic heterocycles. The minimum absolute atomic E-state index is 0. The molecule has 5 heterocycles. The Morgan fingerprint density at radius 2 is 1.86 bits per heavy atom. The number of ether oxygens (including phenoxy) is 1. The molecule has 3 saturated heterocycles. The molecule has 2 atom stereocenters. The number of nitrogens with one attached hydrogen (secondary N) is 1. The number of piperazine rings is 1. The molecule has 1 N–H and O–H groups in total. The molecule has 10 heteroatoms. The van der Waals surface area contributed by atoms with Gasteiger partial charge in [0.25, 0.3) is 5.56 Å². The van der Waals surface area contributed by atoms with E-state index in [1.165, 1.54) is 34.2 Å². The van der Waals surface area contributed by atoms with Gasteiger partial charge in [-0.05, 0) is 48.2 Å². The lowest BCUT2D eigenvalue weighted by atomic mass is 9.92. The minimum Gasteiger partial charge on any atom is -0.497 e. The Morgan fingerprint density at radius 1 is 1.06 bits per heavy atom. The molecule has 0 radical (unpaired) electrons. The maximum Gasteiger partial charge on any atom is 0.337 e. The van der Waals surface area contributed by atoms with Crippen molar-refractivity contribution in [3.8, 4) is 11.6 Å². The van der Waals surface area contributed by atoms with Crippen LogP contribution in [0.5, 0.6) is 5.75 Å². The van der Waals surface area contributed by atoms with Gasteiger partial charge in [-0.15, -0.1) is 12.4 Å². The van der Waals surface area contributed by atoms with Crippen LogP contribution in [0.4, 0.5) is 0 Å². The molecule has 3 aliphatic heterocycles. The van der Waals surface area contributed by atoms with Crippen molar-refractivity contribution in [2.45, 2.75) is 38.0 Å². The molecule has 2 aromatic carbocycles. The molecule has 3 fully saturated rings. The largest absolute Gasteiger partial charge is 0.497 e. The van der Waals surface area contributed by atoms with Crippen LogP contribution in [-0.4, -0.2) is 51.5 Å². The molecular weight excluding hydrogens is 482 g/mol. The second-order valence-electron chi connectivity index (χ2n) is 9.34. The summed E-state index contributed by atoms with van der Waals surface area (Å²) in [5.41, 5.74) is 1.73. The van der Waals surface area contributed by atoms with Crippen LogP contribution in [-0.2, 0) is 13.1 Å². The fraction of sp³-hybridized carbons (Fsp3) is 0.346. The highest BCUT2D eigenvalue weighted by atomic mass is 35.5. The summed E-state index contributed by atoms with van der Waals surface area (Å²) >= 11 is 0. The van der Waals surface area contributed by atoms with Crippen molar-refractivity contribution in [1.29, 1.82) is 0 Å². The van der Waals surface area contributed by atoms with Crippen LogP contribution < -0.4 is 21.3 Å². The van der Waals surface area contributed by atoms with Crippen molar-refractivity contribution in [2.24, 2.45) is 0 Å². The Kier molecular flexibility index (Phi) is 6.70. The standard InChI is InChI=1S/C26H27N5O4.ClH/c1-34-21-7-2-17(3-8-21)15-31-24(32)10-11-30(26(31)33)25-22-12-18(4-9-23(22)35-28-25)14-29-16-19-5-6-20(29)13-27-19;/h2-4,7-12,19-20,27H,5-6,13-16H2,1H3;1H. The van der Waals surface area contributed by atoms with Gasteiger partial charge in [0, 0.05) is 44.0 Å². The number of rotatable bonds is 6. The summed E-state index contributed by atoms with van der Waals surface area (Å²) in [4.78, 5) is 28.4. The van der Waals surface area contributed by atoms with Gasteiger partial charge in [-0.2, -0.15) is 0 Å². The van der Waals surface area contributed by atoms with Crippen LogP contribution in [0.2, 0.25) is 0 Å². The van der Waals surface area contributed by atoms with E-state index in [-0.39, 0.29) is 24.5 Å². The topological polar surface area (TPSA) is 94.5 Å². The van der Waals surface area contributed by atoms with E-state index in [1.807, 2.05) is 24.3 Å². The highest BCUT2D eigenvalue weighted by Crippen LogP contribution is 2.27. The normalized spacial score (nSPS) is 19.4. The SMILES string of the molecule is COc1ccc(Cn2c(=O)ccn(-c3noc4ccc(CN5CC6CCC5CN6)cc34)c2=O)cc1.Cl. The van der Waals surface area contributed by atoms with Gasteiger partial charge in [-0.25, -0.2) is 9.36 Å². The second-order valence-corrected chi connectivity index (χ2v) is 9.34. The van der Waals surface area contributed by atoms with E-state index in [1.54, 1.807) is 19.2 Å². The molecule has 36 heavy (non-hydrogen) atoms. The van der Waals surface area contributed by atoms with Crippen LogP contribution >= 0.6 is 12.4 Å². The van der Waals surface area contributed by atoms with Gasteiger partial charge in [0.2, 0.25) is 0 Å². The molecule has 0 amide bonds. The Balaban J connectivity index is 0.00000267. The van der Waals surface area contributed by atoms with Crippen LogP contribution in [0.15, 0.2) is 68.8 Å². The zero-order chi connectivity index (χ0) is 23.9. The van der Waals surface area contributed by atoms with Crippen LogP contribution in [0.3, 0.4) is 0 Å². The summed E-state index contributed by atoms with van der Waals surface area (Å²) < 4.78 is 13.3. The van der Waals surface area contributed by atoms with E-state index in [2.05, 4.69) is 21.4 Å². The van der Waals surface area contributed by atoms with Gasteiger partial charge in [0.15, 0.2) is 11.4 Å². The predicted octanol–water partition coefficient (Wildman–Crippen LogP) is 2.56. The fourth-order valence-corrected chi connectivity index (χ4v) is 5.21. The Morgan fingerprint density at radius 3 is 2.56 bits per heavy atom. The highest BCUT2D eigenvalue weighted by molar-refractivity contribution is 5.85. The molecule has 4 aromatic rings. The molecule has 0 aliphatic carbocycles. The van der Waals surface area contributed by atoms with Crippen molar-refractivity contribution in [3.05, 3.63) is 86.7 Å². The van der Waals surface area contributed by atoms with Crippen molar-refractivity contribution < 1.29 is 9.26 Å². The number of halogens is 1. The third-order valence-electron chi connectivity index (χ3n) is 7.16. The number of aromatic nitrogens is 3. The zero-order valence-corrected chi connectivity index (χ0v) is 20.7. The summed E-state index contributed by atoms with van der Waals surface area (Å²) in [5.74, 6) is 1.10. The first-order valence-electron chi connectivity index (χ1n) is 11.9. The van der Waals surface area contributed by atoms with E-state index < -0.39 is 5.69 Å². The number of piperidine rings is 2. The van der Waals surface area contributed by atoms with Gasteiger partial charge in [-0.3, -0.25) is 14.3 Å². The van der Waals surface area contributed by atoms with Gasteiger partial charge in [0.05, 0.1) is 19.0 Å². The van der Waals surface area contributed by atoms with Gasteiger partial charge < -0.3 is 14.6 Å². The Hall–Kier alpha value is -3.40.